The number of fused-ring (bicyclic) bond motifs is 4. The van der Waals surface area contributed by atoms with Crippen LogP contribution in [0.25, 0.3) is 0 Å². The van der Waals surface area contributed by atoms with Gasteiger partial charge in [0.25, 0.3) is 0 Å². The number of hydrogen-bond acceptors (Lipinski definition) is 6. The average Bonchev–Trinajstić information content (AvgIpc) is 3.15. The zero-order valence-corrected chi connectivity index (χ0v) is 28.1. The van der Waals surface area contributed by atoms with Gasteiger partial charge in [-0.3, -0.25) is 19.3 Å². The summed E-state index contributed by atoms with van der Waals surface area (Å²) >= 11 is 3.07. The van der Waals surface area contributed by atoms with E-state index in [1.165, 1.54) is 11.8 Å². The second-order valence-corrected chi connectivity index (χ2v) is 14.4. The minimum atomic E-state index is -0.717. The summed E-state index contributed by atoms with van der Waals surface area (Å²) in [6, 6.07) is 36.0. The van der Waals surface area contributed by atoms with Crippen LogP contribution >= 0.6 is 23.5 Å². The van der Waals surface area contributed by atoms with Crippen molar-refractivity contribution in [3.8, 4) is 0 Å². The molecule has 8 rings (SSSR count). The van der Waals surface area contributed by atoms with Gasteiger partial charge in [0.05, 0.1) is 28.2 Å². The maximum atomic E-state index is 14.1. The maximum absolute atomic E-state index is 14.1. The van der Waals surface area contributed by atoms with Gasteiger partial charge >= 0.3 is 6.03 Å². The summed E-state index contributed by atoms with van der Waals surface area (Å²) in [7, 11) is 0. The predicted molar refractivity (Wildman–Crippen MR) is 200 cm³/mol. The number of nitrogens with zero attached hydrogens (tertiary/aromatic N) is 1. The van der Waals surface area contributed by atoms with Gasteiger partial charge in [-0.1, -0.05) is 109 Å². The number of hydrogen-bond donors (Lipinski definition) is 2. The number of carbonyl (C=O) groups is 4. The topological polar surface area (TPSA) is 95.6 Å². The number of benzene rings is 5. The Labute approximate surface area is 297 Å². The second kappa shape index (κ2) is 13.3. The van der Waals surface area contributed by atoms with E-state index in [0.717, 1.165) is 21.0 Å². The lowest BCUT2D eigenvalue weighted by Gasteiger charge is -2.40. The van der Waals surface area contributed by atoms with E-state index in [0.29, 0.717) is 16.8 Å². The highest BCUT2D eigenvalue weighted by atomic mass is 32.2. The number of carbonyl (C=O) groups excluding carboxylic acids is 4. The molecule has 244 valence electrons. The first-order valence-electron chi connectivity index (χ1n) is 16.1. The van der Waals surface area contributed by atoms with Gasteiger partial charge < -0.3 is 10.6 Å². The lowest BCUT2D eigenvalue weighted by atomic mass is 9.83. The molecule has 9 heteroatoms. The third kappa shape index (κ3) is 5.84. The fourth-order valence-corrected chi connectivity index (χ4v) is 8.88. The fraction of sp³-hybridized carbons (Fsp3) is 0.0732. The maximum Gasteiger partial charge on any atom is 0.326 e. The van der Waals surface area contributed by atoms with Gasteiger partial charge in [0.2, 0.25) is 5.91 Å². The zero-order valence-electron chi connectivity index (χ0n) is 26.5. The molecule has 5 aromatic rings. The van der Waals surface area contributed by atoms with Crippen LogP contribution in [0.15, 0.2) is 155 Å². The molecular weight excluding hydrogens is 663 g/mol. The highest BCUT2D eigenvalue weighted by Gasteiger charge is 2.37. The molecule has 0 aromatic heterocycles. The summed E-state index contributed by atoms with van der Waals surface area (Å²) in [5, 5.41) is 5.45. The molecule has 3 aliphatic rings. The molecule has 3 amide bonds. The molecular formula is C41H29N3O4S2. The van der Waals surface area contributed by atoms with Gasteiger partial charge in [0.1, 0.15) is 5.25 Å². The van der Waals surface area contributed by atoms with Crippen molar-refractivity contribution in [2.75, 3.05) is 15.5 Å². The first-order valence-corrected chi connectivity index (χ1v) is 17.9. The third-order valence-electron chi connectivity index (χ3n) is 8.85. The molecule has 0 saturated heterocycles. The molecule has 2 N–H and O–H groups in total. The van der Waals surface area contributed by atoms with Crippen molar-refractivity contribution in [2.24, 2.45) is 0 Å². The Balaban J connectivity index is 1.06. The van der Waals surface area contributed by atoms with E-state index in [1.54, 1.807) is 54.2 Å². The zero-order chi connectivity index (χ0) is 34.2. The van der Waals surface area contributed by atoms with Gasteiger partial charge in [-0.2, -0.15) is 0 Å². The summed E-state index contributed by atoms with van der Waals surface area (Å²) in [5.41, 5.74) is 3.62. The molecule has 50 heavy (non-hydrogen) atoms. The van der Waals surface area contributed by atoms with Crippen LogP contribution < -0.4 is 15.5 Å². The number of rotatable bonds is 6. The van der Waals surface area contributed by atoms with E-state index < -0.39 is 5.25 Å². The molecule has 0 radical (unpaired) electrons. The van der Waals surface area contributed by atoms with Crippen LogP contribution in [-0.4, -0.2) is 34.8 Å². The van der Waals surface area contributed by atoms with Crippen molar-refractivity contribution in [2.45, 2.75) is 26.3 Å². The first kappa shape index (κ1) is 31.6. The summed E-state index contributed by atoms with van der Waals surface area (Å²) in [4.78, 5) is 58.6. The molecule has 1 aliphatic heterocycles. The van der Waals surface area contributed by atoms with Crippen molar-refractivity contribution < 1.29 is 19.2 Å². The van der Waals surface area contributed by atoms with Crippen LogP contribution in [0, 0.1) is 0 Å². The minimum absolute atomic E-state index is 0.103. The van der Waals surface area contributed by atoms with Crippen molar-refractivity contribution in [1.82, 2.24) is 0 Å². The normalized spacial score (nSPS) is 17.6. The molecule has 0 bridgehead atoms. The highest BCUT2D eigenvalue weighted by molar-refractivity contribution is 8.00. The Hall–Kier alpha value is -5.64. The van der Waals surface area contributed by atoms with Crippen molar-refractivity contribution in [1.29, 1.82) is 0 Å². The monoisotopic (exact) mass is 691 g/mol. The van der Waals surface area contributed by atoms with Gasteiger partial charge in [-0.15, -0.1) is 23.5 Å². The Morgan fingerprint density at radius 3 is 2.24 bits per heavy atom. The van der Waals surface area contributed by atoms with Gasteiger partial charge in [-0.25, -0.2) is 4.79 Å². The van der Waals surface area contributed by atoms with Crippen LogP contribution in [0.5, 0.6) is 0 Å². The summed E-state index contributed by atoms with van der Waals surface area (Å²) in [6.45, 7) is 0. The van der Waals surface area contributed by atoms with Crippen molar-refractivity contribution in [3.05, 3.63) is 173 Å². The summed E-state index contributed by atoms with van der Waals surface area (Å²) in [6.07, 6.45) is 8.16. The summed E-state index contributed by atoms with van der Waals surface area (Å²) in [5.74, 6) is -0.911. The largest absolute Gasteiger partial charge is 0.326 e. The van der Waals surface area contributed by atoms with E-state index >= 15 is 0 Å². The van der Waals surface area contributed by atoms with E-state index in [4.69, 9.17) is 0 Å². The smallest absolute Gasteiger partial charge is 0.324 e. The fourth-order valence-electron chi connectivity index (χ4n) is 6.54. The summed E-state index contributed by atoms with van der Waals surface area (Å²) < 4.78 is 0. The van der Waals surface area contributed by atoms with Gasteiger partial charge in [0, 0.05) is 32.2 Å². The molecule has 2 aliphatic carbocycles. The average molecular weight is 692 g/mol. The number of amides is 3. The molecule has 0 saturated carbocycles. The molecule has 1 heterocycles. The van der Waals surface area contributed by atoms with Crippen LogP contribution in [0.3, 0.4) is 0 Å². The number of urea groups is 1. The number of allylic oxidation sites excluding steroid dienone is 2. The number of nitrogens with one attached hydrogen (secondary N) is 2. The predicted octanol–water partition coefficient (Wildman–Crippen LogP) is 8.94. The highest BCUT2D eigenvalue weighted by Crippen LogP contribution is 2.44. The molecule has 0 spiro atoms. The molecule has 3 atom stereocenters. The van der Waals surface area contributed by atoms with E-state index in [2.05, 4.69) is 22.8 Å². The van der Waals surface area contributed by atoms with Crippen LogP contribution in [0.2, 0.25) is 0 Å². The SMILES string of the molecule is O=C1c2ccccc2C(=O)c2c(NC(=O)C(Sc3cccc(NC(=O)N4c5ccccc5SC5C=CC=CC54)c3)c3ccccc3)cccc21. The minimum Gasteiger partial charge on any atom is -0.324 e. The molecule has 3 unspecified atom stereocenters. The Morgan fingerprint density at radius 1 is 0.700 bits per heavy atom. The Kier molecular flexibility index (Phi) is 8.44. The number of para-hydroxylation sites is 1. The van der Waals surface area contributed by atoms with Crippen LogP contribution in [0.4, 0.5) is 21.9 Å². The standard InChI is InChI=1S/C41H29N3O4S2/c45-37-28-16-4-5-17-29(28)38(46)36-30(37)18-11-19-31(36)43-40(47)39(25-12-2-1-3-13-25)49-27-15-10-14-26(24-27)42-41(48)44-32-20-6-8-22-34(32)50-35-23-9-7-21-33(35)44/h1-24,32,34,39H,(H,42,48)(H,43,47). The lowest BCUT2D eigenvalue weighted by Crippen LogP contribution is -2.49. The number of ketones is 2. The van der Waals surface area contributed by atoms with Gasteiger partial charge in [-0.05, 0) is 42.0 Å². The Morgan fingerprint density at radius 2 is 1.40 bits per heavy atom. The van der Waals surface area contributed by atoms with Crippen molar-refractivity contribution in [3.63, 3.8) is 0 Å². The van der Waals surface area contributed by atoms with Crippen LogP contribution in [-0.2, 0) is 4.79 Å². The number of thioether (sulfide) groups is 2. The van der Waals surface area contributed by atoms with E-state index in [1.807, 2.05) is 95.9 Å². The molecule has 7 nitrogen and oxygen atoms in total. The third-order valence-corrected chi connectivity index (χ3v) is 11.4. The van der Waals surface area contributed by atoms with E-state index in [9.17, 15) is 19.2 Å². The Bertz CT molecular complexity index is 2250. The molecule has 0 fully saturated rings. The first-order chi connectivity index (χ1) is 24.5. The quantitative estimate of drug-likeness (QED) is 0.169. The second-order valence-electron chi connectivity index (χ2n) is 12.0. The lowest BCUT2D eigenvalue weighted by molar-refractivity contribution is -0.115. The van der Waals surface area contributed by atoms with Crippen LogP contribution in [0.1, 0.15) is 42.7 Å². The molecule has 5 aromatic carbocycles. The number of anilines is 3. The van der Waals surface area contributed by atoms with E-state index in [-0.39, 0.29) is 51.6 Å². The van der Waals surface area contributed by atoms with Crippen molar-refractivity contribution >= 4 is 64.1 Å². The van der Waals surface area contributed by atoms with Gasteiger partial charge in [0.15, 0.2) is 11.6 Å².